The Morgan fingerprint density at radius 2 is 1.61 bits per heavy atom. The Hall–Kier alpha value is -5.65. The number of para-hydroxylation sites is 1. The Morgan fingerprint density at radius 3 is 2.30 bits per heavy atom. The summed E-state index contributed by atoms with van der Waals surface area (Å²) in [5.41, 5.74) is 4.26. The standard InChI is InChI=1S/C42H35ClFN3O7/c1-23(49)24-6-16-29(17-7-24)46-38(50)32-19-18-30-33(36(32)40(46)52)22-34-39(51)47(45-28-14-12-27(44)13-15-28)41(53)42(34,25-8-10-26(43)11-9-25)37(30)31-4-2-3-5-35(31)54-21-20-48/h2-18,32-34,36-37,45,48H,19-22H2,1H3. The zero-order valence-electron chi connectivity index (χ0n) is 29.1. The molecule has 0 aromatic heterocycles. The van der Waals surface area contributed by atoms with Gasteiger partial charge in [0.2, 0.25) is 11.8 Å². The fourth-order valence-corrected chi connectivity index (χ4v) is 9.23. The Labute approximate surface area is 315 Å². The van der Waals surface area contributed by atoms with Gasteiger partial charge in [0.1, 0.15) is 18.2 Å². The second-order valence-corrected chi connectivity index (χ2v) is 14.5. The highest BCUT2D eigenvalue weighted by Crippen LogP contribution is 2.65. The first kappa shape index (κ1) is 35.4. The highest BCUT2D eigenvalue weighted by Gasteiger charge is 2.70. The lowest BCUT2D eigenvalue weighted by Gasteiger charge is -2.50. The summed E-state index contributed by atoms with van der Waals surface area (Å²) in [6.45, 7) is 1.13. The lowest BCUT2D eigenvalue weighted by atomic mass is 9.49. The molecule has 4 aliphatic rings. The van der Waals surface area contributed by atoms with Gasteiger partial charge in [-0.05, 0) is 98.0 Å². The van der Waals surface area contributed by atoms with E-state index in [9.17, 15) is 28.7 Å². The maximum Gasteiger partial charge on any atom is 0.260 e. The molecule has 4 aromatic carbocycles. The number of ketones is 1. The van der Waals surface area contributed by atoms with E-state index in [1.807, 2.05) is 12.1 Å². The molecule has 2 aliphatic carbocycles. The Morgan fingerprint density at radius 1 is 0.907 bits per heavy atom. The predicted octanol–water partition coefficient (Wildman–Crippen LogP) is 6.24. The number of amides is 4. The highest BCUT2D eigenvalue weighted by molar-refractivity contribution is 6.30. The summed E-state index contributed by atoms with van der Waals surface area (Å²) >= 11 is 6.38. The van der Waals surface area contributed by atoms with E-state index in [0.29, 0.717) is 38.8 Å². The van der Waals surface area contributed by atoms with Crippen molar-refractivity contribution >= 4 is 52.4 Å². The number of benzene rings is 4. The van der Waals surface area contributed by atoms with Gasteiger partial charge in [-0.25, -0.2) is 4.39 Å². The predicted molar refractivity (Wildman–Crippen MR) is 197 cm³/mol. The lowest BCUT2D eigenvalue weighted by Crippen LogP contribution is -2.53. The minimum absolute atomic E-state index is 0.0379. The highest BCUT2D eigenvalue weighted by atomic mass is 35.5. The van der Waals surface area contributed by atoms with Crippen molar-refractivity contribution in [2.45, 2.75) is 31.1 Å². The van der Waals surface area contributed by atoms with Gasteiger partial charge >= 0.3 is 0 Å². The molecule has 3 fully saturated rings. The van der Waals surface area contributed by atoms with Gasteiger partial charge < -0.3 is 9.84 Å². The number of carbonyl (C=O) groups is 5. The van der Waals surface area contributed by atoms with E-state index in [0.717, 1.165) is 10.6 Å². The number of hydrazine groups is 1. The molecule has 0 radical (unpaired) electrons. The summed E-state index contributed by atoms with van der Waals surface area (Å²) in [5.74, 6) is -6.26. The summed E-state index contributed by atoms with van der Waals surface area (Å²) in [4.78, 5) is 72.0. The number of aliphatic hydroxyl groups is 1. The minimum Gasteiger partial charge on any atom is -0.491 e. The van der Waals surface area contributed by atoms with Gasteiger partial charge in [-0.3, -0.25) is 34.3 Å². The SMILES string of the molecule is CC(=O)c1ccc(N2C(=O)C3CC=C4C(CC5C(=O)N(Nc6ccc(F)cc6)C(=O)C5(c5ccc(Cl)cc5)C4c4ccccc4OCCO)C3C2=O)cc1. The molecule has 4 amide bonds. The van der Waals surface area contributed by atoms with Crippen LogP contribution in [-0.4, -0.2) is 52.7 Å². The molecular weight excluding hydrogens is 713 g/mol. The molecule has 4 aromatic rings. The maximum atomic E-state index is 15.3. The smallest absolute Gasteiger partial charge is 0.260 e. The fraction of sp³-hybridized carbons (Fsp3) is 0.262. The zero-order chi connectivity index (χ0) is 37.9. The van der Waals surface area contributed by atoms with Crippen LogP contribution in [0.15, 0.2) is 109 Å². The van der Waals surface area contributed by atoms with Crippen molar-refractivity contribution < 1.29 is 38.2 Å². The second kappa shape index (κ2) is 13.6. The topological polar surface area (TPSA) is 133 Å². The first-order valence-corrected chi connectivity index (χ1v) is 18.1. The van der Waals surface area contributed by atoms with Crippen molar-refractivity contribution in [1.29, 1.82) is 0 Å². The van der Waals surface area contributed by atoms with Crippen LogP contribution in [0.4, 0.5) is 15.8 Å². The van der Waals surface area contributed by atoms with E-state index in [1.54, 1.807) is 66.7 Å². The average Bonchev–Trinajstić information content (AvgIpc) is 3.56. The van der Waals surface area contributed by atoms with Crippen LogP contribution >= 0.6 is 11.6 Å². The number of imide groups is 2. The van der Waals surface area contributed by atoms with Crippen LogP contribution in [0, 0.1) is 29.5 Å². The van der Waals surface area contributed by atoms with Crippen LogP contribution in [0.2, 0.25) is 5.02 Å². The van der Waals surface area contributed by atoms with Crippen molar-refractivity contribution in [1.82, 2.24) is 5.01 Å². The van der Waals surface area contributed by atoms with Gasteiger partial charge in [-0.1, -0.05) is 53.6 Å². The number of hydrogen-bond acceptors (Lipinski definition) is 8. The number of anilines is 2. The van der Waals surface area contributed by atoms with Gasteiger partial charge in [-0.2, -0.15) is 5.01 Å². The normalized spacial score (nSPS) is 25.9. The molecule has 54 heavy (non-hydrogen) atoms. The molecule has 2 N–H and O–H groups in total. The number of nitrogens with zero attached hydrogens (tertiary/aromatic N) is 2. The van der Waals surface area contributed by atoms with E-state index in [-0.39, 0.29) is 37.7 Å². The van der Waals surface area contributed by atoms with Crippen LogP contribution in [0.5, 0.6) is 5.75 Å². The summed E-state index contributed by atoms with van der Waals surface area (Å²) in [5, 5.41) is 11.1. The minimum atomic E-state index is -1.59. The molecule has 2 saturated heterocycles. The summed E-state index contributed by atoms with van der Waals surface area (Å²) in [7, 11) is 0. The van der Waals surface area contributed by atoms with E-state index in [1.165, 1.54) is 36.1 Å². The van der Waals surface area contributed by atoms with Crippen LogP contribution in [0.25, 0.3) is 0 Å². The number of halogens is 2. The maximum absolute atomic E-state index is 15.3. The molecule has 0 spiro atoms. The third-order valence-corrected chi connectivity index (χ3v) is 11.6. The number of Topliss-reactive ketones (excluding diaryl/α,β-unsaturated/α-hetero) is 1. The van der Waals surface area contributed by atoms with Crippen molar-refractivity contribution in [2.24, 2.45) is 23.7 Å². The molecule has 6 unspecified atom stereocenters. The summed E-state index contributed by atoms with van der Waals surface area (Å²) in [6.07, 6.45) is 2.21. The number of carbonyl (C=O) groups excluding carboxylic acids is 5. The number of aliphatic hydroxyl groups excluding tert-OH is 1. The first-order chi connectivity index (χ1) is 26.1. The fourth-order valence-electron chi connectivity index (χ4n) is 9.11. The number of fused-ring (bicyclic) bond motifs is 4. The van der Waals surface area contributed by atoms with Crippen molar-refractivity contribution in [2.75, 3.05) is 23.5 Å². The molecule has 2 heterocycles. The number of ether oxygens (including phenoxy) is 1. The van der Waals surface area contributed by atoms with E-state index in [4.69, 9.17) is 16.3 Å². The van der Waals surface area contributed by atoms with Crippen molar-refractivity contribution in [3.8, 4) is 5.75 Å². The van der Waals surface area contributed by atoms with E-state index in [2.05, 4.69) is 5.43 Å². The van der Waals surface area contributed by atoms with Crippen LogP contribution < -0.4 is 15.1 Å². The zero-order valence-corrected chi connectivity index (χ0v) is 29.8. The quantitative estimate of drug-likeness (QED) is 0.117. The summed E-state index contributed by atoms with van der Waals surface area (Å²) < 4.78 is 20.0. The number of rotatable bonds is 9. The van der Waals surface area contributed by atoms with Crippen molar-refractivity contribution in [3.63, 3.8) is 0 Å². The molecular formula is C42H35ClFN3O7. The average molecular weight is 748 g/mol. The molecule has 0 bridgehead atoms. The van der Waals surface area contributed by atoms with Gasteiger partial charge in [0, 0.05) is 22.1 Å². The molecule has 274 valence electrons. The van der Waals surface area contributed by atoms with E-state index < -0.39 is 58.5 Å². The third-order valence-electron chi connectivity index (χ3n) is 11.4. The number of nitrogens with one attached hydrogen (secondary N) is 1. The van der Waals surface area contributed by atoms with Gasteiger partial charge in [0.15, 0.2) is 5.78 Å². The second-order valence-electron chi connectivity index (χ2n) is 14.1. The first-order valence-electron chi connectivity index (χ1n) is 17.7. The Bertz CT molecular complexity index is 2230. The largest absolute Gasteiger partial charge is 0.491 e. The monoisotopic (exact) mass is 747 g/mol. The molecule has 12 heteroatoms. The Kier molecular flexibility index (Phi) is 8.94. The molecule has 1 saturated carbocycles. The molecule has 10 nitrogen and oxygen atoms in total. The number of allylic oxidation sites excluding steroid dienone is 2. The summed E-state index contributed by atoms with van der Waals surface area (Å²) in [6, 6.07) is 25.5. The van der Waals surface area contributed by atoms with Gasteiger partial charge in [0.05, 0.1) is 41.2 Å². The van der Waals surface area contributed by atoms with Crippen LogP contribution in [0.3, 0.4) is 0 Å². The van der Waals surface area contributed by atoms with Gasteiger partial charge in [0.25, 0.3) is 11.8 Å². The van der Waals surface area contributed by atoms with Crippen LogP contribution in [0.1, 0.15) is 47.2 Å². The Balaban J connectivity index is 1.31. The lowest BCUT2D eigenvalue weighted by molar-refractivity contribution is -0.138. The van der Waals surface area contributed by atoms with Crippen LogP contribution in [-0.2, 0) is 24.6 Å². The molecule has 6 atom stereocenters. The van der Waals surface area contributed by atoms with Crippen molar-refractivity contribution in [3.05, 3.63) is 136 Å². The molecule has 8 rings (SSSR count). The number of hydrogen-bond donors (Lipinski definition) is 2. The van der Waals surface area contributed by atoms with Gasteiger partial charge in [-0.15, -0.1) is 0 Å². The van der Waals surface area contributed by atoms with E-state index >= 15 is 4.79 Å². The third kappa shape index (κ3) is 5.44. The molecule has 2 aliphatic heterocycles.